The number of aromatic amines is 1. The minimum atomic E-state index is 0.124. The van der Waals surface area contributed by atoms with Crippen LogP contribution in [0.15, 0.2) is 24.3 Å². The van der Waals surface area contributed by atoms with E-state index < -0.39 is 0 Å². The van der Waals surface area contributed by atoms with Gasteiger partial charge in [-0.2, -0.15) is 5.10 Å². The summed E-state index contributed by atoms with van der Waals surface area (Å²) in [5.74, 6) is 1.06. The van der Waals surface area contributed by atoms with Gasteiger partial charge in [-0.3, -0.25) is 5.10 Å². The molecule has 0 saturated carbocycles. The Morgan fingerprint density at radius 2 is 2.11 bits per heavy atom. The molecule has 0 bridgehead atoms. The van der Waals surface area contributed by atoms with E-state index in [1.807, 2.05) is 26.0 Å². The molecular weight excluding hydrogens is 238 g/mol. The molecule has 2 rings (SSSR count). The van der Waals surface area contributed by atoms with E-state index in [1.165, 1.54) is 5.56 Å². The molecule has 102 valence electrons. The van der Waals surface area contributed by atoms with Gasteiger partial charge in [0, 0.05) is 18.2 Å². The van der Waals surface area contributed by atoms with E-state index in [0.717, 1.165) is 22.7 Å². The molecule has 0 spiro atoms. The van der Waals surface area contributed by atoms with Crippen LogP contribution in [0.5, 0.6) is 5.75 Å². The van der Waals surface area contributed by atoms with Crippen LogP contribution in [-0.4, -0.2) is 23.3 Å². The molecule has 19 heavy (non-hydrogen) atoms. The fraction of sp³-hybridized carbons (Fsp3) is 0.400. The molecule has 1 aromatic carbocycles. The first-order valence-corrected chi connectivity index (χ1v) is 6.61. The second kappa shape index (κ2) is 5.89. The lowest BCUT2D eigenvalue weighted by atomic mass is 9.94. The molecule has 4 heteroatoms. The van der Waals surface area contributed by atoms with Gasteiger partial charge in [0.1, 0.15) is 5.75 Å². The first-order chi connectivity index (χ1) is 9.15. The van der Waals surface area contributed by atoms with Crippen LogP contribution in [0.2, 0.25) is 0 Å². The lowest BCUT2D eigenvalue weighted by Gasteiger charge is -2.15. The van der Waals surface area contributed by atoms with E-state index in [4.69, 9.17) is 10.5 Å². The summed E-state index contributed by atoms with van der Waals surface area (Å²) in [5.41, 5.74) is 10.3. The van der Waals surface area contributed by atoms with Crippen LogP contribution in [0.3, 0.4) is 0 Å². The van der Waals surface area contributed by atoms with Crippen molar-refractivity contribution in [1.82, 2.24) is 10.2 Å². The molecule has 0 saturated heterocycles. The van der Waals surface area contributed by atoms with E-state index >= 15 is 0 Å². The van der Waals surface area contributed by atoms with Gasteiger partial charge in [0.25, 0.3) is 0 Å². The van der Waals surface area contributed by atoms with Crippen molar-refractivity contribution < 1.29 is 4.74 Å². The maximum Gasteiger partial charge on any atom is 0.122 e. The Kier molecular flexibility index (Phi) is 4.22. The van der Waals surface area contributed by atoms with Crippen molar-refractivity contribution in [3.8, 4) is 5.75 Å². The number of hydrogen-bond donors (Lipinski definition) is 2. The Hall–Kier alpha value is -1.81. The number of nitrogens with zero attached hydrogens (tertiary/aromatic N) is 1. The van der Waals surface area contributed by atoms with Gasteiger partial charge in [-0.05, 0) is 44.0 Å². The highest BCUT2D eigenvalue weighted by molar-refractivity contribution is 5.40. The second-order valence-electron chi connectivity index (χ2n) is 4.72. The summed E-state index contributed by atoms with van der Waals surface area (Å²) in [5, 5.41) is 7.28. The Morgan fingerprint density at radius 3 is 2.63 bits per heavy atom. The number of rotatable bonds is 5. The van der Waals surface area contributed by atoms with Crippen LogP contribution in [0, 0.1) is 13.8 Å². The number of aromatic nitrogens is 2. The van der Waals surface area contributed by atoms with Gasteiger partial charge < -0.3 is 10.5 Å². The third-order valence-corrected chi connectivity index (χ3v) is 3.22. The quantitative estimate of drug-likeness (QED) is 0.867. The van der Waals surface area contributed by atoms with Gasteiger partial charge >= 0.3 is 0 Å². The summed E-state index contributed by atoms with van der Waals surface area (Å²) >= 11 is 0. The van der Waals surface area contributed by atoms with Crippen molar-refractivity contribution in [2.75, 3.05) is 13.2 Å². The van der Waals surface area contributed by atoms with E-state index in [2.05, 4.69) is 29.3 Å². The molecular formula is C15H21N3O. The smallest absolute Gasteiger partial charge is 0.122 e. The van der Waals surface area contributed by atoms with Crippen LogP contribution < -0.4 is 10.5 Å². The van der Waals surface area contributed by atoms with Gasteiger partial charge in [0.15, 0.2) is 0 Å². The summed E-state index contributed by atoms with van der Waals surface area (Å²) in [7, 11) is 0. The predicted octanol–water partition coefficient (Wildman–Crippen LogP) is 2.52. The normalized spacial score (nSPS) is 12.4. The van der Waals surface area contributed by atoms with Gasteiger partial charge in [0.2, 0.25) is 0 Å². The van der Waals surface area contributed by atoms with Crippen molar-refractivity contribution in [2.24, 2.45) is 5.73 Å². The van der Waals surface area contributed by atoms with Crippen LogP contribution in [0.25, 0.3) is 0 Å². The highest BCUT2D eigenvalue weighted by Crippen LogP contribution is 2.27. The first-order valence-electron chi connectivity index (χ1n) is 6.61. The molecule has 0 radical (unpaired) electrons. The maximum atomic E-state index is 5.91. The summed E-state index contributed by atoms with van der Waals surface area (Å²) < 4.78 is 5.56. The molecule has 0 fully saturated rings. The molecule has 4 nitrogen and oxygen atoms in total. The summed E-state index contributed by atoms with van der Waals surface area (Å²) in [6.45, 7) is 7.25. The highest BCUT2D eigenvalue weighted by Gasteiger charge is 2.16. The molecule has 0 aliphatic carbocycles. The van der Waals surface area contributed by atoms with Crippen molar-refractivity contribution in [3.63, 3.8) is 0 Å². The van der Waals surface area contributed by atoms with E-state index in [-0.39, 0.29) is 5.92 Å². The lowest BCUT2D eigenvalue weighted by molar-refractivity contribution is 0.337. The standard InChI is InChI=1S/C15H21N3O/c1-4-19-15-6-5-12(7-10(15)2)13(9-16)14-8-11(3)17-18-14/h5-8,13H,4,9,16H2,1-3H3,(H,17,18). The Morgan fingerprint density at radius 1 is 1.32 bits per heavy atom. The third kappa shape index (κ3) is 2.96. The summed E-state index contributed by atoms with van der Waals surface area (Å²) in [4.78, 5) is 0. The number of nitrogens with one attached hydrogen (secondary N) is 1. The summed E-state index contributed by atoms with van der Waals surface area (Å²) in [6.07, 6.45) is 0. The van der Waals surface area contributed by atoms with Crippen LogP contribution >= 0.6 is 0 Å². The Balaban J connectivity index is 2.31. The van der Waals surface area contributed by atoms with Crippen molar-refractivity contribution in [2.45, 2.75) is 26.7 Å². The molecule has 1 unspecified atom stereocenters. The molecule has 2 aromatic rings. The molecule has 3 N–H and O–H groups in total. The molecule has 0 amide bonds. The molecule has 0 aliphatic heterocycles. The van der Waals surface area contributed by atoms with Crippen molar-refractivity contribution >= 4 is 0 Å². The number of hydrogen-bond acceptors (Lipinski definition) is 3. The first kappa shape index (κ1) is 13.6. The lowest BCUT2D eigenvalue weighted by Crippen LogP contribution is -2.14. The third-order valence-electron chi connectivity index (χ3n) is 3.22. The van der Waals surface area contributed by atoms with Gasteiger partial charge in [-0.15, -0.1) is 0 Å². The Bertz CT molecular complexity index is 548. The van der Waals surface area contributed by atoms with Crippen molar-refractivity contribution in [3.05, 3.63) is 46.8 Å². The minimum absolute atomic E-state index is 0.124. The zero-order chi connectivity index (χ0) is 13.8. The molecule has 1 atom stereocenters. The summed E-state index contributed by atoms with van der Waals surface area (Å²) in [6, 6.07) is 8.26. The fourth-order valence-corrected chi connectivity index (χ4v) is 2.25. The Labute approximate surface area is 114 Å². The minimum Gasteiger partial charge on any atom is -0.494 e. The van der Waals surface area contributed by atoms with E-state index in [9.17, 15) is 0 Å². The second-order valence-corrected chi connectivity index (χ2v) is 4.72. The zero-order valence-corrected chi connectivity index (χ0v) is 11.7. The highest BCUT2D eigenvalue weighted by atomic mass is 16.5. The number of H-pyrrole nitrogens is 1. The van der Waals surface area contributed by atoms with E-state index in [0.29, 0.717) is 13.2 Å². The SMILES string of the molecule is CCOc1ccc(C(CN)c2cc(C)[nH]n2)cc1C. The number of nitrogens with two attached hydrogens (primary N) is 1. The molecule has 1 aromatic heterocycles. The fourth-order valence-electron chi connectivity index (χ4n) is 2.25. The predicted molar refractivity (Wildman–Crippen MR) is 76.6 cm³/mol. The van der Waals surface area contributed by atoms with Crippen molar-refractivity contribution in [1.29, 1.82) is 0 Å². The van der Waals surface area contributed by atoms with Crippen LogP contribution in [0.4, 0.5) is 0 Å². The average molecular weight is 259 g/mol. The molecule has 0 aliphatic rings. The number of ether oxygens (including phenoxy) is 1. The topological polar surface area (TPSA) is 63.9 Å². The van der Waals surface area contributed by atoms with E-state index in [1.54, 1.807) is 0 Å². The van der Waals surface area contributed by atoms with Gasteiger partial charge in [-0.25, -0.2) is 0 Å². The van der Waals surface area contributed by atoms with Crippen LogP contribution in [-0.2, 0) is 0 Å². The van der Waals surface area contributed by atoms with Gasteiger partial charge in [0.05, 0.1) is 12.3 Å². The van der Waals surface area contributed by atoms with Crippen LogP contribution in [0.1, 0.15) is 35.4 Å². The van der Waals surface area contributed by atoms with Gasteiger partial charge in [-0.1, -0.05) is 12.1 Å². The average Bonchev–Trinajstić information content (AvgIpc) is 2.80. The number of aryl methyl sites for hydroxylation is 2. The maximum absolute atomic E-state index is 5.91. The molecule has 1 heterocycles. The monoisotopic (exact) mass is 259 g/mol. The zero-order valence-electron chi connectivity index (χ0n) is 11.7. The number of benzene rings is 1. The largest absolute Gasteiger partial charge is 0.494 e.